The molecule has 0 aliphatic carbocycles. The lowest BCUT2D eigenvalue weighted by Crippen LogP contribution is -2.23. The third-order valence-electron chi connectivity index (χ3n) is 5.15. The number of rotatable bonds is 6. The predicted molar refractivity (Wildman–Crippen MR) is 129 cm³/mol. The first-order chi connectivity index (χ1) is 15.5. The second-order valence-electron chi connectivity index (χ2n) is 7.35. The molecule has 0 atom stereocenters. The average molecular weight is 446 g/mol. The largest absolute Gasteiger partial charge is 0.497 e. The summed E-state index contributed by atoms with van der Waals surface area (Å²) >= 11 is 1.23. The minimum absolute atomic E-state index is 0.120. The topological polar surface area (TPSA) is 73.2 Å². The smallest absolute Gasteiger partial charge is 0.266 e. The van der Waals surface area contributed by atoms with E-state index in [0.29, 0.717) is 27.5 Å². The first-order valence-corrected chi connectivity index (χ1v) is 11.1. The zero-order chi connectivity index (χ0) is 22.7. The maximum atomic E-state index is 13.3. The van der Waals surface area contributed by atoms with Gasteiger partial charge in [0.25, 0.3) is 5.56 Å². The number of methoxy groups -OCH3 is 1. The van der Waals surface area contributed by atoms with Crippen molar-refractivity contribution >= 4 is 34.3 Å². The summed E-state index contributed by atoms with van der Waals surface area (Å²) in [6.07, 6.45) is 0. The molecule has 0 spiro atoms. The number of hydrogen-bond acceptors (Lipinski definition) is 5. The van der Waals surface area contributed by atoms with Gasteiger partial charge in [0.1, 0.15) is 5.75 Å². The molecule has 4 rings (SSSR count). The van der Waals surface area contributed by atoms with Gasteiger partial charge in [0.05, 0.1) is 29.5 Å². The quantitative estimate of drug-likeness (QED) is 0.343. The summed E-state index contributed by atoms with van der Waals surface area (Å²) in [7, 11) is 1.59. The van der Waals surface area contributed by atoms with E-state index in [2.05, 4.69) is 10.3 Å². The number of fused-ring (bicyclic) bond motifs is 1. The Hall–Kier alpha value is -3.58. The van der Waals surface area contributed by atoms with Gasteiger partial charge in [-0.25, -0.2) is 4.98 Å². The van der Waals surface area contributed by atoms with Crippen LogP contribution >= 0.6 is 11.8 Å². The lowest BCUT2D eigenvalue weighted by atomic mass is 10.1. The molecule has 0 saturated heterocycles. The van der Waals surface area contributed by atoms with Crippen LogP contribution in [0.2, 0.25) is 0 Å². The predicted octanol–water partition coefficient (Wildman–Crippen LogP) is 4.74. The summed E-state index contributed by atoms with van der Waals surface area (Å²) in [6.45, 7) is 3.92. The summed E-state index contributed by atoms with van der Waals surface area (Å²) in [6, 6.07) is 20.3. The van der Waals surface area contributed by atoms with Crippen LogP contribution in [0, 0.1) is 13.8 Å². The molecule has 162 valence electrons. The number of nitrogens with zero attached hydrogens (tertiary/aromatic N) is 2. The first kappa shape index (κ1) is 21.6. The molecule has 0 aliphatic heterocycles. The van der Waals surface area contributed by atoms with Gasteiger partial charge in [-0.2, -0.15) is 0 Å². The van der Waals surface area contributed by atoms with Gasteiger partial charge in [-0.15, -0.1) is 0 Å². The Morgan fingerprint density at radius 3 is 2.38 bits per heavy atom. The normalized spacial score (nSPS) is 10.8. The second-order valence-corrected chi connectivity index (χ2v) is 8.30. The molecule has 1 amide bonds. The minimum Gasteiger partial charge on any atom is -0.497 e. The standard InChI is InChI=1S/C25H23N3O3S/c1-16-7-6-8-17(2)23(16)27-22(29)15-32-25-26-21-10-5-4-9-20(21)24(30)28(25)18-11-13-19(31-3)14-12-18/h4-14H,15H2,1-3H3,(H,27,29). The highest BCUT2D eigenvalue weighted by Gasteiger charge is 2.15. The number of anilines is 1. The zero-order valence-electron chi connectivity index (χ0n) is 18.1. The van der Waals surface area contributed by atoms with Crippen molar-refractivity contribution in [3.05, 3.63) is 88.2 Å². The van der Waals surface area contributed by atoms with E-state index in [1.54, 1.807) is 48.1 Å². The maximum absolute atomic E-state index is 13.3. The van der Waals surface area contributed by atoms with Gasteiger partial charge in [-0.05, 0) is 61.4 Å². The van der Waals surface area contributed by atoms with E-state index in [1.807, 2.05) is 44.2 Å². The summed E-state index contributed by atoms with van der Waals surface area (Å²) < 4.78 is 6.77. The van der Waals surface area contributed by atoms with Crippen LogP contribution < -0.4 is 15.6 Å². The Morgan fingerprint density at radius 2 is 1.69 bits per heavy atom. The van der Waals surface area contributed by atoms with E-state index < -0.39 is 0 Å². The fourth-order valence-electron chi connectivity index (χ4n) is 3.49. The molecule has 1 heterocycles. The number of benzene rings is 3. The van der Waals surface area contributed by atoms with Gasteiger partial charge in [-0.3, -0.25) is 14.2 Å². The number of carbonyl (C=O) groups is 1. The fraction of sp³-hybridized carbons (Fsp3) is 0.160. The highest BCUT2D eigenvalue weighted by Crippen LogP contribution is 2.24. The molecule has 0 unspecified atom stereocenters. The average Bonchev–Trinajstić information content (AvgIpc) is 2.80. The molecule has 7 heteroatoms. The summed E-state index contributed by atoms with van der Waals surface area (Å²) in [4.78, 5) is 30.7. The van der Waals surface area contributed by atoms with E-state index in [1.165, 1.54) is 11.8 Å². The number of aromatic nitrogens is 2. The monoisotopic (exact) mass is 445 g/mol. The Morgan fingerprint density at radius 1 is 1.00 bits per heavy atom. The van der Waals surface area contributed by atoms with Crippen molar-refractivity contribution in [1.82, 2.24) is 9.55 Å². The van der Waals surface area contributed by atoms with Gasteiger partial charge < -0.3 is 10.1 Å². The maximum Gasteiger partial charge on any atom is 0.266 e. The summed E-state index contributed by atoms with van der Waals surface area (Å²) in [5.74, 6) is 0.656. The fourth-order valence-corrected chi connectivity index (χ4v) is 4.30. The number of carbonyl (C=O) groups excluding carboxylic acids is 1. The lowest BCUT2D eigenvalue weighted by molar-refractivity contribution is -0.113. The van der Waals surface area contributed by atoms with Crippen LogP contribution in [0.1, 0.15) is 11.1 Å². The Balaban J connectivity index is 1.68. The van der Waals surface area contributed by atoms with E-state index >= 15 is 0 Å². The van der Waals surface area contributed by atoms with Crippen LogP contribution in [-0.4, -0.2) is 28.3 Å². The molecule has 32 heavy (non-hydrogen) atoms. The molecule has 0 aliphatic rings. The number of para-hydroxylation sites is 2. The van der Waals surface area contributed by atoms with Crippen molar-refractivity contribution in [2.24, 2.45) is 0 Å². The second kappa shape index (κ2) is 9.28. The first-order valence-electron chi connectivity index (χ1n) is 10.1. The molecule has 0 bridgehead atoms. The molecule has 0 saturated carbocycles. The zero-order valence-corrected chi connectivity index (χ0v) is 18.9. The van der Waals surface area contributed by atoms with Gasteiger partial charge in [0.2, 0.25) is 5.91 Å². The highest BCUT2D eigenvalue weighted by atomic mass is 32.2. The van der Waals surface area contributed by atoms with E-state index in [0.717, 1.165) is 16.8 Å². The SMILES string of the molecule is COc1ccc(-n2c(SCC(=O)Nc3c(C)cccc3C)nc3ccccc3c2=O)cc1. The van der Waals surface area contributed by atoms with Gasteiger partial charge in [0, 0.05) is 5.69 Å². The van der Waals surface area contributed by atoms with Crippen molar-refractivity contribution in [1.29, 1.82) is 0 Å². The summed E-state index contributed by atoms with van der Waals surface area (Å²) in [5, 5.41) is 3.96. The number of nitrogens with one attached hydrogen (secondary N) is 1. The van der Waals surface area contributed by atoms with Crippen LogP contribution in [0.15, 0.2) is 76.7 Å². The molecule has 0 fully saturated rings. The molecule has 1 N–H and O–H groups in total. The van der Waals surface area contributed by atoms with Crippen LogP contribution in [-0.2, 0) is 4.79 Å². The molecular formula is C25H23N3O3S. The number of thioether (sulfide) groups is 1. The van der Waals surface area contributed by atoms with Crippen molar-refractivity contribution in [2.45, 2.75) is 19.0 Å². The van der Waals surface area contributed by atoms with Crippen molar-refractivity contribution in [2.75, 3.05) is 18.2 Å². The summed E-state index contributed by atoms with van der Waals surface area (Å²) in [5.41, 5.74) is 3.90. The number of hydrogen-bond donors (Lipinski definition) is 1. The van der Waals surface area contributed by atoms with E-state index in [4.69, 9.17) is 4.74 Å². The highest BCUT2D eigenvalue weighted by molar-refractivity contribution is 7.99. The Kier molecular flexibility index (Phi) is 6.28. The molecule has 1 aromatic heterocycles. The van der Waals surface area contributed by atoms with Crippen LogP contribution in [0.25, 0.3) is 16.6 Å². The molecule has 3 aromatic carbocycles. The van der Waals surface area contributed by atoms with Crippen LogP contribution in [0.4, 0.5) is 5.69 Å². The molecular weight excluding hydrogens is 422 g/mol. The van der Waals surface area contributed by atoms with E-state index in [9.17, 15) is 9.59 Å². The minimum atomic E-state index is -0.182. The molecule has 6 nitrogen and oxygen atoms in total. The number of ether oxygens (including phenoxy) is 1. The van der Waals surface area contributed by atoms with Crippen LogP contribution in [0.3, 0.4) is 0 Å². The van der Waals surface area contributed by atoms with Crippen molar-refractivity contribution in [3.8, 4) is 11.4 Å². The lowest BCUT2D eigenvalue weighted by Gasteiger charge is -2.14. The third-order valence-corrected chi connectivity index (χ3v) is 6.09. The Labute approximate surface area is 190 Å². The molecule has 0 radical (unpaired) electrons. The van der Waals surface area contributed by atoms with Gasteiger partial charge >= 0.3 is 0 Å². The van der Waals surface area contributed by atoms with Crippen molar-refractivity contribution in [3.63, 3.8) is 0 Å². The number of amides is 1. The van der Waals surface area contributed by atoms with Crippen molar-refractivity contribution < 1.29 is 9.53 Å². The van der Waals surface area contributed by atoms with E-state index in [-0.39, 0.29) is 17.2 Å². The molecule has 4 aromatic rings. The van der Waals surface area contributed by atoms with Gasteiger partial charge in [0.15, 0.2) is 5.16 Å². The van der Waals surface area contributed by atoms with Crippen LogP contribution in [0.5, 0.6) is 5.75 Å². The number of aryl methyl sites for hydroxylation is 2. The third kappa shape index (κ3) is 4.38. The van der Waals surface area contributed by atoms with Gasteiger partial charge in [-0.1, -0.05) is 42.1 Å². The Bertz CT molecular complexity index is 1330.